The molecular formula is C17H18F3NO3. The molecule has 0 fully saturated rings. The summed E-state index contributed by atoms with van der Waals surface area (Å²) in [5.41, 5.74) is -0.445. The average Bonchev–Trinajstić information content (AvgIpc) is 3.04. The molecule has 0 N–H and O–H groups in total. The SMILES string of the molecule is COCCN(Cc1ccco1)C(=O)Cc1cccc(C(F)(F)F)c1. The Morgan fingerprint density at radius 1 is 1.25 bits per heavy atom. The highest BCUT2D eigenvalue weighted by Crippen LogP contribution is 2.29. The molecular weight excluding hydrogens is 323 g/mol. The van der Waals surface area contributed by atoms with Crippen molar-refractivity contribution in [1.29, 1.82) is 0 Å². The van der Waals surface area contributed by atoms with Crippen molar-refractivity contribution in [3.8, 4) is 0 Å². The fourth-order valence-corrected chi connectivity index (χ4v) is 2.23. The van der Waals surface area contributed by atoms with Crippen LogP contribution in [0, 0.1) is 0 Å². The van der Waals surface area contributed by atoms with Crippen LogP contribution >= 0.6 is 0 Å². The van der Waals surface area contributed by atoms with Crippen LogP contribution in [-0.2, 0) is 28.7 Å². The third-order valence-corrected chi connectivity index (χ3v) is 3.45. The molecule has 0 spiro atoms. The molecule has 1 aromatic heterocycles. The van der Waals surface area contributed by atoms with E-state index in [0.29, 0.717) is 24.5 Å². The number of furan rings is 1. The Morgan fingerprint density at radius 2 is 2.04 bits per heavy atom. The quantitative estimate of drug-likeness (QED) is 0.774. The van der Waals surface area contributed by atoms with E-state index in [0.717, 1.165) is 12.1 Å². The van der Waals surface area contributed by atoms with Gasteiger partial charge in [0.05, 0.1) is 31.4 Å². The molecule has 1 amide bonds. The summed E-state index contributed by atoms with van der Waals surface area (Å²) in [6, 6.07) is 8.24. The number of ether oxygens (including phenoxy) is 1. The fourth-order valence-electron chi connectivity index (χ4n) is 2.23. The molecule has 2 rings (SSSR count). The van der Waals surface area contributed by atoms with Gasteiger partial charge in [0.25, 0.3) is 0 Å². The lowest BCUT2D eigenvalue weighted by atomic mass is 10.1. The Morgan fingerprint density at radius 3 is 2.67 bits per heavy atom. The molecule has 0 atom stereocenters. The number of hydrogen-bond acceptors (Lipinski definition) is 3. The van der Waals surface area contributed by atoms with Crippen molar-refractivity contribution >= 4 is 5.91 Å². The second kappa shape index (κ2) is 8.01. The second-order valence-electron chi connectivity index (χ2n) is 5.26. The minimum absolute atomic E-state index is 0.117. The van der Waals surface area contributed by atoms with Crippen LogP contribution in [0.5, 0.6) is 0 Å². The Balaban J connectivity index is 2.09. The van der Waals surface area contributed by atoms with Gasteiger partial charge in [0.1, 0.15) is 5.76 Å². The van der Waals surface area contributed by atoms with Crippen molar-refractivity contribution < 1.29 is 27.1 Å². The maximum absolute atomic E-state index is 12.8. The summed E-state index contributed by atoms with van der Waals surface area (Å²) in [7, 11) is 1.52. The van der Waals surface area contributed by atoms with Gasteiger partial charge in [-0.05, 0) is 23.8 Å². The van der Waals surface area contributed by atoms with Crippen LogP contribution in [0.15, 0.2) is 47.1 Å². The normalized spacial score (nSPS) is 11.5. The summed E-state index contributed by atoms with van der Waals surface area (Å²) in [5.74, 6) is 0.311. The molecule has 0 aliphatic carbocycles. The summed E-state index contributed by atoms with van der Waals surface area (Å²) < 4.78 is 48.5. The minimum atomic E-state index is -4.43. The molecule has 0 aliphatic rings. The Bertz CT molecular complexity index is 653. The van der Waals surface area contributed by atoms with Crippen molar-refractivity contribution in [2.75, 3.05) is 20.3 Å². The van der Waals surface area contributed by atoms with Crippen LogP contribution in [0.1, 0.15) is 16.9 Å². The maximum Gasteiger partial charge on any atom is 0.416 e. The smallest absolute Gasteiger partial charge is 0.416 e. The number of amides is 1. The fraction of sp³-hybridized carbons (Fsp3) is 0.353. The summed E-state index contributed by atoms with van der Waals surface area (Å²) in [6.45, 7) is 0.901. The van der Waals surface area contributed by atoms with Crippen LogP contribution in [0.25, 0.3) is 0 Å². The number of carbonyl (C=O) groups is 1. The number of rotatable bonds is 7. The van der Waals surface area contributed by atoms with E-state index in [9.17, 15) is 18.0 Å². The first-order chi connectivity index (χ1) is 11.4. The largest absolute Gasteiger partial charge is 0.467 e. The molecule has 2 aromatic rings. The standard InChI is InChI=1S/C17H18F3NO3/c1-23-9-7-21(12-15-6-3-8-24-15)16(22)11-13-4-2-5-14(10-13)17(18,19)20/h2-6,8,10H,7,9,11-12H2,1H3. The molecule has 0 radical (unpaired) electrons. The summed E-state index contributed by atoms with van der Waals surface area (Å²) >= 11 is 0. The molecule has 7 heteroatoms. The number of benzene rings is 1. The molecule has 130 valence electrons. The van der Waals surface area contributed by atoms with Crippen LogP contribution in [0.3, 0.4) is 0 Å². The molecule has 4 nitrogen and oxygen atoms in total. The van der Waals surface area contributed by atoms with E-state index in [1.807, 2.05) is 0 Å². The lowest BCUT2D eigenvalue weighted by molar-refractivity contribution is -0.138. The van der Waals surface area contributed by atoms with Gasteiger partial charge in [0.15, 0.2) is 0 Å². The van der Waals surface area contributed by atoms with Crippen LogP contribution in [0.2, 0.25) is 0 Å². The molecule has 1 aromatic carbocycles. The number of hydrogen-bond donors (Lipinski definition) is 0. The number of halogens is 3. The highest BCUT2D eigenvalue weighted by Gasteiger charge is 2.30. The highest BCUT2D eigenvalue weighted by atomic mass is 19.4. The van der Waals surface area contributed by atoms with Crippen LogP contribution < -0.4 is 0 Å². The molecule has 0 bridgehead atoms. The molecule has 24 heavy (non-hydrogen) atoms. The van der Waals surface area contributed by atoms with Gasteiger partial charge in [0, 0.05) is 13.7 Å². The van der Waals surface area contributed by atoms with Crippen molar-refractivity contribution in [1.82, 2.24) is 4.90 Å². The van der Waals surface area contributed by atoms with Gasteiger partial charge in [-0.2, -0.15) is 13.2 Å². The Kier molecular flexibility index (Phi) is 6.03. The van der Waals surface area contributed by atoms with Gasteiger partial charge >= 0.3 is 6.18 Å². The minimum Gasteiger partial charge on any atom is -0.467 e. The van der Waals surface area contributed by atoms with Crippen LogP contribution in [-0.4, -0.2) is 31.1 Å². The lowest BCUT2D eigenvalue weighted by Crippen LogP contribution is -2.34. The van der Waals surface area contributed by atoms with Gasteiger partial charge in [0.2, 0.25) is 5.91 Å². The Labute approximate surface area is 137 Å². The maximum atomic E-state index is 12.8. The zero-order valence-electron chi connectivity index (χ0n) is 13.2. The summed E-state index contributed by atoms with van der Waals surface area (Å²) in [4.78, 5) is 14.0. The second-order valence-corrected chi connectivity index (χ2v) is 5.26. The van der Waals surface area contributed by atoms with Crippen molar-refractivity contribution in [2.24, 2.45) is 0 Å². The van der Waals surface area contributed by atoms with Gasteiger partial charge in [-0.3, -0.25) is 4.79 Å². The Hall–Kier alpha value is -2.28. The molecule has 0 saturated heterocycles. The number of carbonyl (C=O) groups excluding carboxylic acids is 1. The number of methoxy groups -OCH3 is 1. The molecule has 0 unspecified atom stereocenters. The predicted octanol–water partition coefficient (Wildman–Crippen LogP) is 3.52. The van der Waals surface area contributed by atoms with Gasteiger partial charge < -0.3 is 14.1 Å². The molecule has 0 saturated carbocycles. The van der Waals surface area contributed by atoms with Gasteiger partial charge in [-0.15, -0.1) is 0 Å². The van der Waals surface area contributed by atoms with E-state index in [1.54, 1.807) is 12.1 Å². The molecule has 0 aliphatic heterocycles. The first kappa shape index (κ1) is 18.1. The van der Waals surface area contributed by atoms with Gasteiger partial charge in [-0.1, -0.05) is 18.2 Å². The lowest BCUT2D eigenvalue weighted by Gasteiger charge is -2.21. The van der Waals surface area contributed by atoms with Crippen molar-refractivity contribution in [3.05, 3.63) is 59.5 Å². The van der Waals surface area contributed by atoms with E-state index in [4.69, 9.17) is 9.15 Å². The zero-order valence-corrected chi connectivity index (χ0v) is 13.2. The highest BCUT2D eigenvalue weighted by molar-refractivity contribution is 5.78. The monoisotopic (exact) mass is 341 g/mol. The van der Waals surface area contributed by atoms with E-state index in [2.05, 4.69) is 0 Å². The third kappa shape index (κ3) is 5.13. The van der Waals surface area contributed by atoms with Crippen LogP contribution in [0.4, 0.5) is 13.2 Å². The first-order valence-electron chi connectivity index (χ1n) is 7.35. The van der Waals surface area contributed by atoms with Crippen molar-refractivity contribution in [3.63, 3.8) is 0 Å². The number of nitrogens with zero attached hydrogens (tertiary/aromatic N) is 1. The van der Waals surface area contributed by atoms with E-state index in [-0.39, 0.29) is 18.9 Å². The first-order valence-corrected chi connectivity index (χ1v) is 7.35. The predicted molar refractivity (Wildman–Crippen MR) is 81.1 cm³/mol. The third-order valence-electron chi connectivity index (χ3n) is 3.45. The number of alkyl halides is 3. The topological polar surface area (TPSA) is 42.7 Å². The summed E-state index contributed by atoms with van der Waals surface area (Å²) in [5, 5.41) is 0. The molecule has 1 heterocycles. The van der Waals surface area contributed by atoms with E-state index < -0.39 is 11.7 Å². The van der Waals surface area contributed by atoms with E-state index in [1.165, 1.54) is 30.4 Å². The van der Waals surface area contributed by atoms with E-state index >= 15 is 0 Å². The summed E-state index contributed by atoms with van der Waals surface area (Å²) in [6.07, 6.45) is -3.04. The van der Waals surface area contributed by atoms with Gasteiger partial charge in [-0.25, -0.2) is 0 Å². The zero-order chi connectivity index (χ0) is 17.6. The van der Waals surface area contributed by atoms with Crippen molar-refractivity contribution in [2.45, 2.75) is 19.1 Å². The average molecular weight is 341 g/mol.